The Labute approximate surface area is 116 Å². The van der Waals surface area contributed by atoms with Crippen LogP contribution >= 0.6 is 0 Å². The number of rotatable bonds is 3. The smallest absolute Gasteiger partial charge is 0.262 e. The van der Waals surface area contributed by atoms with E-state index in [1.165, 1.54) is 0 Å². The molecule has 0 radical (unpaired) electrons. The minimum Gasteiger partial charge on any atom is -0.482 e. The zero-order valence-corrected chi connectivity index (χ0v) is 11.1. The second-order valence-electron chi connectivity index (χ2n) is 4.65. The van der Waals surface area contributed by atoms with Crippen molar-refractivity contribution in [3.8, 4) is 5.75 Å². The molecule has 1 aromatic heterocycles. The van der Waals surface area contributed by atoms with Crippen molar-refractivity contribution in [1.29, 1.82) is 0 Å². The zero-order chi connectivity index (χ0) is 14.1. The molecule has 0 saturated heterocycles. The Kier molecular flexibility index (Phi) is 3.20. The van der Waals surface area contributed by atoms with E-state index in [1.54, 1.807) is 30.5 Å². The number of hydrogen-bond acceptors (Lipinski definition) is 4. The number of nitrogens with one attached hydrogen (secondary N) is 1. The summed E-state index contributed by atoms with van der Waals surface area (Å²) >= 11 is 0. The summed E-state index contributed by atoms with van der Waals surface area (Å²) in [6.45, 7) is 1.99. The van der Waals surface area contributed by atoms with Crippen molar-refractivity contribution in [3.63, 3.8) is 0 Å². The van der Waals surface area contributed by atoms with Crippen molar-refractivity contribution in [3.05, 3.63) is 47.4 Å². The number of aliphatic hydroxyl groups excluding tert-OH is 1. The molecule has 104 valence electrons. The highest BCUT2D eigenvalue weighted by Gasteiger charge is 2.20. The Morgan fingerprint density at radius 1 is 1.40 bits per heavy atom. The van der Waals surface area contributed by atoms with E-state index in [9.17, 15) is 9.90 Å². The third-order valence-electron chi connectivity index (χ3n) is 3.35. The molecule has 5 nitrogen and oxygen atoms in total. The van der Waals surface area contributed by atoms with Crippen molar-refractivity contribution in [1.82, 2.24) is 0 Å². The topological polar surface area (TPSA) is 71.7 Å². The van der Waals surface area contributed by atoms with E-state index in [2.05, 4.69) is 5.32 Å². The van der Waals surface area contributed by atoms with Crippen LogP contribution in [0.5, 0.6) is 5.75 Å². The summed E-state index contributed by atoms with van der Waals surface area (Å²) in [5, 5.41) is 13.2. The largest absolute Gasteiger partial charge is 0.482 e. The minimum atomic E-state index is -0.784. The second-order valence-corrected chi connectivity index (χ2v) is 4.65. The molecule has 5 heteroatoms. The zero-order valence-electron chi connectivity index (χ0n) is 11.1. The van der Waals surface area contributed by atoms with E-state index in [0.717, 1.165) is 11.3 Å². The highest BCUT2D eigenvalue weighted by Crippen LogP contribution is 2.33. The molecule has 2 aromatic rings. The van der Waals surface area contributed by atoms with E-state index >= 15 is 0 Å². The van der Waals surface area contributed by atoms with Crippen molar-refractivity contribution in [2.75, 3.05) is 11.9 Å². The Morgan fingerprint density at radius 2 is 2.25 bits per heavy atom. The van der Waals surface area contributed by atoms with E-state index < -0.39 is 6.10 Å². The maximum atomic E-state index is 11.3. The van der Waals surface area contributed by atoms with Crippen molar-refractivity contribution in [2.45, 2.75) is 19.4 Å². The molecule has 0 spiro atoms. The molecule has 2 heterocycles. The van der Waals surface area contributed by atoms with Gasteiger partial charge in [-0.2, -0.15) is 0 Å². The average Bonchev–Trinajstić information content (AvgIpc) is 2.94. The maximum absolute atomic E-state index is 11.3. The number of carbonyl (C=O) groups is 1. The van der Waals surface area contributed by atoms with Crippen LogP contribution in [0.2, 0.25) is 0 Å². The first-order chi connectivity index (χ1) is 9.69. The number of aliphatic hydroxyl groups is 1. The molecule has 1 aromatic carbocycles. The molecule has 2 N–H and O–H groups in total. The number of hydrogen-bond donors (Lipinski definition) is 2. The van der Waals surface area contributed by atoms with Gasteiger partial charge in [-0.25, -0.2) is 0 Å². The fourth-order valence-electron chi connectivity index (χ4n) is 2.33. The van der Waals surface area contributed by atoms with Crippen LogP contribution in [0.3, 0.4) is 0 Å². The normalized spacial score (nSPS) is 15.2. The van der Waals surface area contributed by atoms with Gasteiger partial charge in [0.2, 0.25) is 0 Å². The summed E-state index contributed by atoms with van der Waals surface area (Å²) in [6.07, 6.45) is 1.50. The summed E-state index contributed by atoms with van der Waals surface area (Å²) in [4.78, 5) is 11.3. The van der Waals surface area contributed by atoms with Gasteiger partial charge >= 0.3 is 0 Å². The van der Waals surface area contributed by atoms with Gasteiger partial charge in [-0.3, -0.25) is 4.79 Å². The van der Waals surface area contributed by atoms with E-state index in [-0.39, 0.29) is 12.5 Å². The number of benzene rings is 1. The van der Waals surface area contributed by atoms with Gasteiger partial charge < -0.3 is 19.6 Å². The standard InChI is InChI=1S/C15H15NO4/c1-2-12-10(5-6-19-12)15(18)9-3-4-13-11(7-9)16-14(17)8-20-13/h3-7,15,18H,2,8H2,1H3,(H,16,17). The van der Waals surface area contributed by atoms with Crippen LogP contribution in [-0.2, 0) is 11.2 Å². The molecule has 1 aliphatic heterocycles. The molecule has 0 fully saturated rings. The number of furan rings is 1. The molecule has 1 aliphatic rings. The summed E-state index contributed by atoms with van der Waals surface area (Å²) < 4.78 is 10.6. The third-order valence-corrected chi connectivity index (χ3v) is 3.35. The van der Waals surface area contributed by atoms with Crippen molar-refractivity contribution in [2.24, 2.45) is 0 Å². The molecule has 20 heavy (non-hydrogen) atoms. The van der Waals surface area contributed by atoms with Crippen LogP contribution in [-0.4, -0.2) is 17.6 Å². The molecule has 3 rings (SSSR count). The fraction of sp³-hybridized carbons (Fsp3) is 0.267. The number of amides is 1. The predicted octanol–water partition coefficient (Wildman–Crippen LogP) is 2.25. The number of carbonyl (C=O) groups excluding carboxylic acids is 1. The SMILES string of the molecule is CCc1occc1C(O)c1ccc2c(c1)NC(=O)CO2. The highest BCUT2D eigenvalue weighted by molar-refractivity contribution is 5.95. The molecular weight excluding hydrogens is 258 g/mol. The van der Waals surface area contributed by atoms with E-state index in [1.807, 2.05) is 6.92 Å². The molecule has 0 aliphatic carbocycles. The van der Waals surface area contributed by atoms with Crippen LogP contribution in [0.25, 0.3) is 0 Å². The summed E-state index contributed by atoms with van der Waals surface area (Å²) in [6, 6.07) is 7.02. The minimum absolute atomic E-state index is 0.0244. The quantitative estimate of drug-likeness (QED) is 0.899. The van der Waals surface area contributed by atoms with Crippen LogP contribution in [0.1, 0.15) is 29.9 Å². The van der Waals surface area contributed by atoms with Gasteiger partial charge in [-0.15, -0.1) is 0 Å². The number of aryl methyl sites for hydroxylation is 1. The average molecular weight is 273 g/mol. The monoisotopic (exact) mass is 273 g/mol. The van der Waals surface area contributed by atoms with Gasteiger partial charge in [0.05, 0.1) is 12.0 Å². The first-order valence-corrected chi connectivity index (χ1v) is 6.50. The lowest BCUT2D eigenvalue weighted by Crippen LogP contribution is -2.25. The first kappa shape index (κ1) is 12.7. The van der Waals surface area contributed by atoms with Gasteiger partial charge in [0, 0.05) is 12.0 Å². The van der Waals surface area contributed by atoms with Crippen LogP contribution < -0.4 is 10.1 Å². The highest BCUT2D eigenvalue weighted by atomic mass is 16.5. The Morgan fingerprint density at radius 3 is 3.05 bits per heavy atom. The van der Waals surface area contributed by atoms with Gasteiger partial charge in [-0.1, -0.05) is 13.0 Å². The first-order valence-electron chi connectivity index (χ1n) is 6.50. The van der Waals surface area contributed by atoms with Gasteiger partial charge in [0.15, 0.2) is 6.61 Å². The van der Waals surface area contributed by atoms with Crippen LogP contribution in [0, 0.1) is 0 Å². The molecular formula is C15H15NO4. The van der Waals surface area contributed by atoms with Crippen LogP contribution in [0.4, 0.5) is 5.69 Å². The van der Waals surface area contributed by atoms with Gasteiger partial charge in [0.1, 0.15) is 17.6 Å². The third kappa shape index (κ3) is 2.16. The lowest BCUT2D eigenvalue weighted by molar-refractivity contribution is -0.118. The fourth-order valence-corrected chi connectivity index (χ4v) is 2.33. The Bertz CT molecular complexity index is 647. The lowest BCUT2D eigenvalue weighted by atomic mass is 10.00. The molecule has 1 atom stereocenters. The molecule has 0 bridgehead atoms. The van der Waals surface area contributed by atoms with Crippen molar-refractivity contribution >= 4 is 11.6 Å². The molecule has 0 saturated carbocycles. The Balaban J connectivity index is 1.94. The van der Waals surface area contributed by atoms with Crippen molar-refractivity contribution < 1.29 is 19.1 Å². The Hall–Kier alpha value is -2.27. The van der Waals surface area contributed by atoms with Crippen LogP contribution in [0.15, 0.2) is 34.9 Å². The van der Waals surface area contributed by atoms with E-state index in [4.69, 9.17) is 9.15 Å². The molecule has 1 amide bonds. The maximum Gasteiger partial charge on any atom is 0.262 e. The van der Waals surface area contributed by atoms with E-state index in [0.29, 0.717) is 23.4 Å². The molecule has 1 unspecified atom stereocenters. The van der Waals surface area contributed by atoms with Gasteiger partial charge in [-0.05, 0) is 23.8 Å². The number of fused-ring (bicyclic) bond motifs is 1. The second kappa shape index (κ2) is 5.02. The lowest BCUT2D eigenvalue weighted by Gasteiger charge is -2.20. The summed E-state index contributed by atoms with van der Waals surface area (Å²) in [5.41, 5.74) is 2.01. The summed E-state index contributed by atoms with van der Waals surface area (Å²) in [7, 11) is 0. The number of ether oxygens (including phenoxy) is 1. The number of anilines is 1. The predicted molar refractivity (Wildman–Crippen MR) is 72.7 cm³/mol. The summed E-state index contributed by atoms with van der Waals surface area (Å²) in [5.74, 6) is 1.18. The van der Waals surface area contributed by atoms with Gasteiger partial charge in [0.25, 0.3) is 5.91 Å².